The molecule has 1 heterocycles. The summed E-state index contributed by atoms with van der Waals surface area (Å²) in [7, 11) is 0. The summed E-state index contributed by atoms with van der Waals surface area (Å²) < 4.78 is 0. The monoisotopic (exact) mass is 276 g/mol. The zero-order chi connectivity index (χ0) is 14.5. The van der Waals surface area contributed by atoms with Crippen LogP contribution >= 0.6 is 0 Å². The number of rotatable bonds is 6. The normalized spacial score (nSPS) is 17.6. The Kier molecular flexibility index (Phi) is 5.41. The van der Waals surface area contributed by atoms with E-state index in [2.05, 4.69) is 23.7 Å². The molecular formula is C17H28N2O. The zero-order valence-corrected chi connectivity index (χ0v) is 13.0. The van der Waals surface area contributed by atoms with Gasteiger partial charge in [0.1, 0.15) is 5.82 Å². The third kappa shape index (κ3) is 3.72. The molecule has 1 atom stereocenters. The number of aromatic nitrogens is 1. The molecule has 3 nitrogen and oxygen atoms in total. The summed E-state index contributed by atoms with van der Waals surface area (Å²) in [4.78, 5) is 7.04. The molecule has 1 aromatic rings. The van der Waals surface area contributed by atoms with Crippen molar-refractivity contribution in [1.82, 2.24) is 4.98 Å². The molecule has 1 N–H and O–H groups in total. The number of aliphatic hydroxyl groups excluding tert-OH is 1. The molecule has 0 saturated heterocycles. The quantitative estimate of drug-likeness (QED) is 0.855. The van der Waals surface area contributed by atoms with Gasteiger partial charge in [-0.05, 0) is 38.2 Å². The van der Waals surface area contributed by atoms with Gasteiger partial charge in [-0.2, -0.15) is 0 Å². The standard InChI is InChI=1S/C17H28N2O/c1-13(2)10-12-19(15-7-4-5-8-15)17-16(14(3)20)9-6-11-18-17/h6,9,11,13-15,20H,4-5,7-8,10,12H2,1-3H3/t14-/m0/s1. The molecule has 112 valence electrons. The molecule has 1 aliphatic carbocycles. The van der Waals surface area contributed by atoms with Crippen LogP contribution in [0.4, 0.5) is 5.82 Å². The lowest BCUT2D eigenvalue weighted by Gasteiger charge is -2.32. The first-order chi connectivity index (χ1) is 9.59. The third-order valence-corrected chi connectivity index (χ3v) is 4.25. The van der Waals surface area contributed by atoms with Crippen molar-refractivity contribution in [2.75, 3.05) is 11.4 Å². The Morgan fingerprint density at radius 1 is 1.30 bits per heavy atom. The fraction of sp³-hybridized carbons (Fsp3) is 0.706. The highest BCUT2D eigenvalue weighted by Crippen LogP contribution is 2.31. The van der Waals surface area contributed by atoms with Crippen molar-refractivity contribution in [2.24, 2.45) is 5.92 Å². The highest BCUT2D eigenvalue weighted by molar-refractivity contribution is 5.49. The molecule has 0 radical (unpaired) electrons. The molecular weight excluding hydrogens is 248 g/mol. The molecule has 1 aliphatic rings. The maximum absolute atomic E-state index is 10.0. The lowest BCUT2D eigenvalue weighted by atomic mass is 10.1. The van der Waals surface area contributed by atoms with E-state index in [1.54, 1.807) is 0 Å². The number of hydrogen-bond acceptors (Lipinski definition) is 3. The van der Waals surface area contributed by atoms with E-state index >= 15 is 0 Å². The maximum atomic E-state index is 10.0. The summed E-state index contributed by atoms with van der Waals surface area (Å²) in [6, 6.07) is 4.52. The van der Waals surface area contributed by atoms with Gasteiger partial charge in [0.25, 0.3) is 0 Å². The second-order valence-corrected chi connectivity index (χ2v) is 6.41. The lowest BCUT2D eigenvalue weighted by Crippen LogP contribution is -2.36. The molecule has 0 unspecified atom stereocenters. The van der Waals surface area contributed by atoms with Crippen molar-refractivity contribution in [3.05, 3.63) is 23.9 Å². The predicted octanol–water partition coefficient (Wildman–Crippen LogP) is 3.93. The number of aliphatic hydroxyl groups is 1. The van der Waals surface area contributed by atoms with E-state index in [-0.39, 0.29) is 0 Å². The Morgan fingerprint density at radius 2 is 2.00 bits per heavy atom. The van der Waals surface area contributed by atoms with Gasteiger partial charge >= 0.3 is 0 Å². The first kappa shape index (κ1) is 15.3. The van der Waals surface area contributed by atoms with Gasteiger partial charge in [-0.25, -0.2) is 4.98 Å². The lowest BCUT2D eigenvalue weighted by molar-refractivity contribution is 0.199. The van der Waals surface area contributed by atoms with Crippen LogP contribution in [0.2, 0.25) is 0 Å². The molecule has 0 aromatic carbocycles. The van der Waals surface area contributed by atoms with Crippen LogP contribution in [-0.2, 0) is 0 Å². The first-order valence-corrected chi connectivity index (χ1v) is 7.99. The molecule has 1 aromatic heterocycles. The number of anilines is 1. The minimum atomic E-state index is -0.457. The van der Waals surface area contributed by atoms with Gasteiger partial charge in [-0.1, -0.05) is 32.8 Å². The third-order valence-electron chi connectivity index (χ3n) is 4.25. The zero-order valence-electron chi connectivity index (χ0n) is 13.0. The minimum Gasteiger partial charge on any atom is -0.389 e. The van der Waals surface area contributed by atoms with E-state index in [9.17, 15) is 5.11 Å². The summed E-state index contributed by atoms with van der Waals surface area (Å²) in [5, 5.41) is 10.0. The minimum absolute atomic E-state index is 0.457. The van der Waals surface area contributed by atoms with Crippen molar-refractivity contribution in [1.29, 1.82) is 0 Å². The number of nitrogens with zero attached hydrogens (tertiary/aromatic N) is 2. The van der Waals surface area contributed by atoms with Gasteiger partial charge in [0, 0.05) is 24.3 Å². The van der Waals surface area contributed by atoms with Crippen LogP contribution < -0.4 is 4.90 Å². The average molecular weight is 276 g/mol. The molecule has 3 heteroatoms. The van der Waals surface area contributed by atoms with Gasteiger partial charge < -0.3 is 10.0 Å². The molecule has 0 bridgehead atoms. The van der Waals surface area contributed by atoms with Gasteiger partial charge in [-0.3, -0.25) is 0 Å². The van der Waals surface area contributed by atoms with E-state index in [1.807, 2.05) is 25.3 Å². The highest BCUT2D eigenvalue weighted by atomic mass is 16.3. The van der Waals surface area contributed by atoms with Crippen LogP contribution in [0.1, 0.15) is 64.5 Å². The highest BCUT2D eigenvalue weighted by Gasteiger charge is 2.26. The molecule has 20 heavy (non-hydrogen) atoms. The fourth-order valence-corrected chi connectivity index (χ4v) is 3.05. The first-order valence-electron chi connectivity index (χ1n) is 7.99. The number of hydrogen-bond donors (Lipinski definition) is 1. The van der Waals surface area contributed by atoms with Crippen LogP contribution in [0.5, 0.6) is 0 Å². The van der Waals surface area contributed by atoms with E-state index in [4.69, 9.17) is 0 Å². The van der Waals surface area contributed by atoms with E-state index in [0.29, 0.717) is 12.0 Å². The molecule has 2 rings (SSSR count). The van der Waals surface area contributed by atoms with E-state index in [1.165, 1.54) is 32.1 Å². The van der Waals surface area contributed by atoms with Gasteiger partial charge in [-0.15, -0.1) is 0 Å². The molecule has 0 spiro atoms. The Morgan fingerprint density at radius 3 is 2.60 bits per heavy atom. The molecule has 1 saturated carbocycles. The summed E-state index contributed by atoms with van der Waals surface area (Å²) in [6.07, 6.45) is 7.72. The Bertz CT molecular complexity index is 411. The summed E-state index contributed by atoms with van der Waals surface area (Å²) in [5.41, 5.74) is 0.961. The van der Waals surface area contributed by atoms with Crippen molar-refractivity contribution in [3.8, 4) is 0 Å². The van der Waals surface area contributed by atoms with Crippen LogP contribution in [0.25, 0.3) is 0 Å². The van der Waals surface area contributed by atoms with E-state index in [0.717, 1.165) is 17.9 Å². The topological polar surface area (TPSA) is 36.4 Å². The van der Waals surface area contributed by atoms with Crippen LogP contribution in [0.15, 0.2) is 18.3 Å². The molecule has 0 amide bonds. The van der Waals surface area contributed by atoms with Crippen molar-refractivity contribution in [2.45, 2.75) is 65.0 Å². The van der Waals surface area contributed by atoms with Gasteiger partial charge in [0.15, 0.2) is 0 Å². The Balaban J connectivity index is 2.25. The summed E-state index contributed by atoms with van der Waals surface area (Å²) in [6.45, 7) is 7.40. The summed E-state index contributed by atoms with van der Waals surface area (Å²) in [5.74, 6) is 1.69. The van der Waals surface area contributed by atoms with Crippen LogP contribution in [-0.4, -0.2) is 22.7 Å². The average Bonchev–Trinajstić information content (AvgIpc) is 2.93. The molecule has 1 fully saturated rings. The largest absolute Gasteiger partial charge is 0.389 e. The summed E-state index contributed by atoms with van der Waals surface area (Å²) >= 11 is 0. The maximum Gasteiger partial charge on any atom is 0.134 e. The Labute approximate surface area is 123 Å². The smallest absolute Gasteiger partial charge is 0.134 e. The van der Waals surface area contributed by atoms with Gasteiger partial charge in [0.2, 0.25) is 0 Å². The van der Waals surface area contributed by atoms with Gasteiger partial charge in [0.05, 0.1) is 6.10 Å². The predicted molar refractivity (Wildman–Crippen MR) is 83.9 cm³/mol. The SMILES string of the molecule is CC(C)CCN(c1ncccc1[C@H](C)O)C1CCCC1. The fourth-order valence-electron chi connectivity index (χ4n) is 3.05. The number of pyridine rings is 1. The van der Waals surface area contributed by atoms with Crippen LogP contribution in [0.3, 0.4) is 0 Å². The Hall–Kier alpha value is -1.09. The van der Waals surface area contributed by atoms with Crippen LogP contribution in [0, 0.1) is 5.92 Å². The van der Waals surface area contributed by atoms with Crippen molar-refractivity contribution in [3.63, 3.8) is 0 Å². The van der Waals surface area contributed by atoms with E-state index < -0.39 is 6.10 Å². The second-order valence-electron chi connectivity index (χ2n) is 6.41. The molecule has 0 aliphatic heterocycles. The van der Waals surface area contributed by atoms with Crippen molar-refractivity contribution >= 4 is 5.82 Å². The van der Waals surface area contributed by atoms with Crippen molar-refractivity contribution < 1.29 is 5.11 Å². The second kappa shape index (κ2) is 7.07.